The fourth-order valence-electron chi connectivity index (χ4n) is 3.19. The molecule has 6 nitrogen and oxygen atoms in total. The number of benzene rings is 2. The van der Waals surface area contributed by atoms with Crippen LogP contribution in [0.2, 0.25) is 0 Å². The van der Waals surface area contributed by atoms with Crippen LogP contribution in [-0.4, -0.2) is 45.7 Å². The molecule has 0 saturated heterocycles. The van der Waals surface area contributed by atoms with Crippen molar-refractivity contribution in [2.24, 2.45) is 4.99 Å². The monoisotopic (exact) mass is 380 g/mol. The molecule has 1 amide bonds. The number of amides is 1. The Morgan fingerprint density at radius 3 is 2.29 bits per heavy atom. The van der Waals surface area contributed by atoms with Gasteiger partial charge in [0.2, 0.25) is 0 Å². The van der Waals surface area contributed by atoms with E-state index in [9.17, 15) is 4.79 Å². The zero-order valence-electron chi connectivity index (χ0n) is 16.5. The molecule has 0 aromatic heterocycles. The van der Waals surface area contributed by atoms with E-state index < -0.39 is 0 Å². The lowest BCUT2D eigenvalue weighted by Gasteiger charge is -2.19. The third kappa shape index (κ3) is 5.03. The molecule has 0 unspecified atom stereocenters. The highest BCUT2D eigenvalue weighted by atomic mass is 16.5. The van der Waals surface area contributed by atoms with E-state index in [2.05, 4.69) is 45.2 Å². The second-order valence-electron chi connectivity index (χ2n) is 6.98. The van der Waals surface area contributed by atoms with Crippen LogP contribution in [-0.2, 0) is 5.41 Å². The minimum Gasteiger partial charge on any atom is -0.497 e. The molecule has 6 heteroatoms. The molecule has 148 valence electrons. The van der Waals surface area contributed by atoms with Crippen molar-refractivity contribution in [1.29, 1.82) is 0 Å². The van der Waals surface area contributed by atoms with Crippen LogP contribution >= 0.6 is 0 Å². The second kappa shape index (κ2) is 9.26. The summed E-state index contributed by atoms with van der Waals surface area (Å²) in [6.07, 6.45) is 2.39. The van der Waals surface area contributed by atoms with Gasteiger partial charge < -0.3 is 20.7 Å². The summed E-state index contributed by atoms with van der Waals surface area (Å²) in [7, 11) is 3.36. The molecule has 2 aromatic rings. The number of carbonyl (C=O) groups excluding carboxylic acids is 1. The molecule has 0 bridgehead atoms. The van der Waals surface area contributed by atoms with Gasteiger partial charge in [0.05, 0.1) is 7.11 Å². The highest BCUT2D eigenvalue weighted by molar-refractivity contribution is 5.94. The molecule has 0 heterocycles. The summed E-state index contributed by atoms with van der Waals surface area (Å²) in [5.74, 6) is 1.38. The molecule has 3 rings (SSSR count). The van der Waals surface area contributed by atoms with Crippen LogP contribution in [0, 0.1) is 0 Å². The Morgan fingerprint density at radius 2 is 1.68 bits per heavy atom. The second-order valence-corrected chi connectivity index (χ2v) is 6.98. The summed E-state index contributed by atoms with van der Waals surface area (Å²) in [6, 6.07) is 17.7. The number of ether oxygens (including phenoxy) is 1. The lowest BCUT2D eigenvalue weighted by Crippen LogP contribution is -2.44. The van der Waals surface area contributed by atoms with Crippen molar-refractivity contribution in [3.63, 3.8) is 0 Å². The summed E-state index contributed by atoms with van der Waals surface area (Å²) >= 11 is 0. The number of nitrogens with one attached hydrogen (secondary N) is 3. The van der Waals surface area contributed by atoms with E-state index >= 15 is 0 Å². The molecule has 3 N–H and O–H groups in total. The molecule has 1 aliphatic carbocycles. The Bertz CT molecular complexity index is 799. The maximum Gasteiger partial charge on any atom is 0.251 e. The van der Waals surface area contributed by atoms with Crippen molar-refractivity contribution in [3.8, 4) is 5.75 Å². The minimum atomic E-state index is -0.103. The van der Waals surface area contributed by atoms with Crippen molar-refractivity contribution >= 4 is 11.9 Å². The number of methoxy groups -OCH3 is 1. The lowest BCUT2D eigenvalue weighted by atomic mass is 9.96. The first kappa shape index (κ1) is 19.7. The van der Waals surface area contributed by atoms with Gasteiger partial charge in [0.15, 0.2) is 5.96 Å². The van der Waals surface area contributed by atoms with Gasteiger partial charge in [0.1, 0.15) is 5.75 Å². The Kier molecular flexibility index (Phi) is 6.53. The van der Waals surface area contributed by atoms with E-state index in [0.29, 0.717) is 18.7 Å². The topological polar surface area (TPSA) is 74.8 Å². The van der Waals surface area contributed by atoms with E-state index in [1.807, 2.05) is 6.07 Å². The van der Waals surface area contributed by atoms with E-state index in [1.165, 1.54) is 18.4 Å². The standard InChI is InChI=1S/C22H28N4O2/c1-23-21(26-16-22(12-13-22)18-6-4-3-5-7-18)25-15-14-24-20(27)17-8-10-19(28-2)11-9-17/h3-11H,12-16H2,1-2H3,(H,24,27)(H2,23,25,26). The largest absolute Gasteiger partial charge is 0.497 e. The van der Waals surface area contributed by atoms with Gasteiger partial charge in [-0.2, -0.15) is 0 Å². The molecular formula is C22H28N4O2. The van der Waals surface area contributed by atoms with Gasteiger partial charge in [0, 0.05) is 37.7 Å². The van der Waals surface area contributed by atoms with Gasteiger partial charge in [-0.05, 0) is 42.7 Å². The van der Waals surface area contributed by atoms with E-state index in [0.717, 1.165) is 18.3 Å². The molecule has 0 spiro atoms. The number of hydrogen-bond acceptors (Lipinski definition) is 3. The lowest BCUT2D eigenvalue weighted by molar-refractivity contribution is 0.0954. The van der Waals surface area contributed by atoms with Crippen molar-refractivity contribution in [2.45, 2.75) is 18.3 Å². The highest BCUT2D eigenvalue weighted by Gasteiger charge is 2.43. The quantitative estimate of drug-likeness (QED) is 0.373. The average Bonchev–Trinajstić information content (AvgIpc) is 3.55. The molecular weight excluding hydrogens is 352 g/mol. The zero-order chi connectivity index (χ0) is 19.8. The van der Waals surface area contributed by atoms with E-state index in [-0.39, 0.29) is 11.3 Å². The van der Waals surface area contributed by atoms with Crippen LogP contribution < -0.4 is 20.7 Å². The maximum atomic E-state index is 12.2. The van der Waals surface area contributed by atoms with Gasteiger partial charge in [-0.1, -0.05) is 30.3 Å². The molecule has 1 aliphatic rings. The predicted molar refractivity (Wildman–Crippen MR) is 112 cm³/mol. The Hall–Kier alpha value is -3.02. The Balaban J connectivity index is 1.39. The van der Waals surface area contributed by atoms with Crippen LogP contribution in [0.3, 0.4) is 0 Å². The molecule has 0 radical (unpaired) electrons. The van der Waals surface area contributed by atoms with E-state index in [4.69, 9.17) is 4.74 Å². The summed E-state index contributed by atoms with van der Waals surface area (Å²) in [5, 5.41) is 9.57. The van der Waals surface area contributed by atoms with Crippen LogP contribution in [0.4, 0.5) is 0 Å². The summed E-state index contributed by atoms with van der Waals surface area (Å²) in [4.78, 5) is 16.4. The third-order valence-corrected chi connectivity index (χ3v) is 5.11. The van der Waals surface area contributed by atoms with Crippen molar-refractivity contribution < 1.29 is 9.53 Å². The minimum absolute atomic E-state index is 0.103. The molecule has 2 aromatic carbocycles. The molecule has 1 saturated carbocycles. The third-order valence-electron chi connectivity index (χ3n) is 5.11. The summed E-state index contributed by atoms with van der Waals surface area (Å²) < 4.78 is 5.10. The molecule has 28 heavy (non-hydrogen) atoms. The number of nitrogens with zero attached hydrogens (tertiary/aromatic N) is 1. The number of guanidine groups is 1. The number of rotatable bonds is 8. The normalized spacial score (nSPS) is 14.9. The maximum absolute atomic E-state index is 12.2. The summed E-state index contributed by atoms with van der Waals surface area (Å²) in [6.45, 7) is 1.96. The molecule has 0 aliphatic heterocycles. The van der Waals surface area contributed by atoms with Crippen molar-refractivity contribution in [2.75, 3.05) is 33.8 Å². The smallest absolute Gasteiger partial charge is 0.251 e. The number of carbonyl (C=O) groups is 1. The van der Waals surface area contributed by atoms with E-state index in [1.54, 1.807) is 38.4 Å². The Morgan fingerprint density at radius 1 is 1.00 bits per heavy atom. The number of aliphatic imine (C=N–C) groups is 1. The van der Waals surface area contributed by atoms with Gasteiger partial charge in [-0.15, -0.1) is 0 Å². The highest BCUT2D eigenvalue weighted by Crippen LogP contribution is 2.47. The fourth-order valence-corrected chi connectivity index (χ4v) is 3.19. The Labute approximate surface area is 166 Å². The van der Waals surface area contributed by atoms with Gasteiger partial charge >= 0.3 is 0 Å². The fraction of sp³-hybridized carbons (Fsp3) is 0.364. The number of hydrogen-bond donors (Lipinski definition) is 3. The first-order chi connectivity index (χ1) is 13.7. The van der Waals surface area contributed by atoms with Crippen LogP contribution in [0.5, 0.6) is 5.75 Å². The van der Waals surface area contributed by atoms with Gasteiger partial charge in [-0.25, -0.2) is 0 Å². The van der Waals surface area contributed by atoms with Crippen molar-refractivity contribution in [1.82, 2.24) is 16.0 Å². The first-order valence-corrected chi connectivity index (χ1v) is 9.59. The van der Waals surface area contributed by atoms with Crippen LogP contribution in [0.15, 0.2) is 59.6 Å². The molecule has 1 fully saturated rings. The van der Waals surface area contributed by atoms with Crippen molar-refractivity contribution in [3.05, 3.63) is 65.7 Å². The van der Waals surface area contributed by atoms with Crippen LogP contribution in [0.1, 0.15) is 28.8 Å². The average molecular weight is 380 g/mol. The molecule has 0 atom stereocenters. The summed E-state index contributed by atoms with van der Waals surface area (Å²) in [5.41, 5.74) is 2.22. The first-order valence-electron chi connectivity index (χ1n) is 9.59. The zero-order valence-corrected chi connectivity index (χ0v) is 16.5. The van der Waals surface area contributed by atoms with Gasteiger partial charge in [-0.3, -0.25) is 9.79 Å². The van der Waals surface area contributed by atoms with Crippen LogP contribution in [0.25, 0.3) is 0 Å². The van der Waals surface area contributed by atoms with Gasteiger partial charge in [0.25, 0.3) is 5.91 Å². The SMILES string of the molecule is CN=C(NCCNC(=O)c1ccc(OC)cc1)NCC1(c2ccccc2)CC1. The predicted octanol–water partition coefficient (Wildman–Crippen LogP) is 2.32.